The lowest BCUT2D eigenvalue weighted by Gasteiger charge is -2.31. The largest absolute Gasteiger partial charge is 0.394 e. The monoisotopic (exact) mass is 569 g/mol. The number of nitrogens with zero attached hydrogens (tertiary/aromatic N) is 1. The second kappa shape index (κ2) is 13.3. The number of hydrogen-bond acceptors (Lipinski definition) is 6. The van der Waals surface area contributed by atoms with Gasteiger partial charge in [0.1, 0.15) is 24.2 Å². The lowest BCUT2D eigenvalue weighted by atomic mass is 10.0. The molecule has 3 rings (SSSR count). The van der Waals surface area contributed by atoms with Crippen LogP contribution in [0, 0.1) is 0 Å². The summed E-state index contributed by atoms with van der Waals surface area (Å²) in [5, 5.41) is 18.6. The van der Waals surface area contributed by atoms with E-state index in [2.05, 4.69) is 21.3 Å². The SMILES string of the molecule is CCC1NC(=O)[C@@H]2[C@H](Cl)[C@H](Cl)CN2C(=O)[C@H](CC)NC(=O)C[C@H](c2ccccc2)NC(=O)[C@H](CO)NC1=O. The van der Waals surface area contributed by atoms with E-state index in [1.807, 2.05) is 0 Å². The van der Waals surface area contributed by atoms with Gasteiger partial charge >= 0.3 is 0 Å². The minimum absolute atomic E-state index is 0.0166. The molecular weight excluding hydrogens is 537 g/mol. The second-order valence-corrected chi connectivity index (χ2v) is 10.4. The molecule has 1 aromatic rings. The molecule has 5 amide bonds. The number of amides is 5. The molecule has 11 nitrogen and oxygen atoms in total. The molecule has 2 aliphatic heterocycles. The molecule has 0 radical (unpaired) electrons. The zero-order valence-corrected chi connectivity index (χ0v) is 22.7. The number of fused-ring (bicyclic) bond motifs is 1. The Bertz CT molecular complexity index is 1040. The first kappa shape index (κ1) is 29.7. The number of halogens is 2. The fourth-order valence-corrected chi connectivity index (χ4v) is 5.17. The van der Waals surface area contributed by atoms with Gasteiger partial charge in [0.2, 0.25) is 29.5 Å². The Morgan fingerprint density at radius 2 is 1.45 bits per heavy atom. The minimum atomic E-state index is -1.34. The first-order chi connectivity index (χ1) is 18.1. The summed E-state index contributed by atoms with van der Waals surface area (Å²) in [7, 11) is 0. The van der Waals surface area contributed by atoms with Crippen molar-refractivity contribution < 1.29 is 29.1 Å². The number of benzene rings is 1. The van der Waals surface area contributed by atoms with Gasteiger partial charge in [-0.25, -0.2) is 0 Å². The molecule has 2 saturated heterocycles. The van der Waals surface area contributed by atoms with Crippen LogP contribution in [0.1, 0.15) is 44.7 Å². The molecule has 13 heteroatoms. The fourth-order valence-electron chi connectivity index (χ4n) is 4.55. The van der Waals surface area contributed by atoms with E-state index in [0.717, 1.165) is 0 Å². The van der Waals surface area contributed by atoms with Gasteiger partial charge in [0, 0.05) is 6.54 Å². The van der Waals surface area contributed by atoms with Crippen molar-refractivity contribution >= 4 is 52.7 Å². The second-order valence-electron chi connectivity index (χ2n) is 9.31. The van der Waals surface area contributed by atoms with Crippen LogP contribution in [0.4, 0.5) is 0 Å². The maximum Gasteiger partial charge on any atom is 0.245 e. The first-order valence-corrected chi connectivity index (χ1v) is 13.4. The van der Waals surface area contributed by atoms with Crippen LogP contribution in [0.25, 0.3) is 0 Å². The zero-order valence-electron chi connectivity index (χ0n) is 21.2. The number of rotatable bonds is 4. The predicted molar refractivity (Wildman–Crippen MR) is 140 cm³/mol. The van der Waals surface area contributed by atoms with Crippen molar-refractivity contribution in [3.63, 3.8) is 0 Å². The molecule has 5 N–H and O–H groups in total. The normalized spacial score (nSPS) is 31.7. The van der Waals surface area contributed by atoms with E-state index in [4.69, 9.17) is 23.2 Å². The molecule has 1 aromatic carbocycles. The third-order valence-corrected chi connectivity index (χ3v) is 7.79. The topological polar surface area (TPSA) is 157 Å². The van der Waals surface area contributed by atoms with E-state index >= 15 is 0 Å². The molecule has 0 bridgehead atoms. The molecule has 2 heterocycles. The highest BCUT2D eigenvalue weighted by molar-refractivity contribution is 6.32. The average Bonchev–Trinajstić information content (AvgIpc) is 3.21. The Labute approximate surface area is 231 Å². The van der Waals surface area contributed by atoms with Gasteiger partial charge in [0.05, 0.1) is 29.8 Å². The molecule has 0 aliphatic carbocycles. The van der Waals surface area contributed by atoms with Crippen LogP contribution in [0.3, 0.4) is 0 Å². The van der Waals surface area contributed by atoms with Gasteiger partial charge in [-0.3, -0.25) is 24.0 Å². The summed E-state index contributed by atoms with van der Waals surface area (Å²) in [6.07, 6.45) is 0.170. The van der Waals surface area contributed by atoms with E-state index in [0.29, 0.717) is 5.56 Å². The standard InChI is InChI=1S/C25H33Cl2N5O6/c1-3-15-22(35)31-18(12-33)23(36)30-17(13-8-6-5-7-9-13)10-19(34)28-16(4-2)25(38)32-11-14(26)20(27)21(32)24(37)29-15/h5-9,14-18,20-21,33H,3-4,10-12H2,1-2H3,(H,28,34)(H,29,37)(H,30,36)(H,31,35)/t14-,15?,16+,17-,18+,20-,21+/m1/s1. The van der Waals surface area contributed by atoms with Crippen LogP contribution in [-0.4, -0.2) is 87.6 Å². The third kappa shape index (κ3) is 6.75. The Kier molecular flexibility index (Phi) is 10.3. The summed E-state index contributed by atoms with van der Waals surface area (Å²) in [6, 6.07) is 3.36. The molecule has 1 unspecified atom stereocenters. The van der Waals surface area contributed by atoms with E-state index in [-0.39, 0.29) is 25.8 Å². The smallest absolute Gasteiger partial charge is 0.245 e. The highest BCUT2D eigenvalue weighted by Gasteiger charge is 2.48. The van der Waals surface area contributed by atoms with E-state index < -0.39 is 77.1 Å². The van der Waals surface area contributed by atoms with Crippen molar-refractivity contribution in [1.29, 1.82) is 0 Å². The van der Waals surface area contributed by atoms with Gasteiger partial charge in [-0.15, -0.1) is 23.2 Å². The molecule has 2 fully saturated rings. The highest BCUT2D eigenvalue weighted by atomic mass is 35.5. The van der Waals surface area contributed by atoms with Crippen molar-refractivity contribution in [3.8, 4) is 0 Å². The van der Waals surface area contributed by atoms with Crippen LogP contribution in [0.2, 0.25) is 0 Å². The van der Waals surface area contributed by atoms with E-state index in [9.17, 15) is 29.1 Å². The van der Waals surface area contributed by atoms with Crippen molar-refractivity contribution in [2.45, 2.75) is 74.1 Å². The minimum Gasteiger partial charge on any atom is -0.394 e. The number of aliphatic hydroxyl groups is 1. The number of hydrogen-bond donors (Lipinski definition) is 5. The van der Waals surface area contributed by atoms with Crippen molar-refractivity contribution in [2.75, 3.05) is 13.2 Å². The molecule has 2 aliphatic rings. The molecule has 0 saturated carbocycles. The van der Waals surface area contributed by atoms with Gasteiger partial charge in [-0.2, -0.15) is 0 Å². The highest BCUT2D eigenvalue weighted by Crippen LogP contribution is 2.29. The summed E-state index contributed by atoms with van der Waals surface area (Å²) in [5.41, 5.74) is 0.618. The van der Waals surface area contributed by atoms with Gasteiger partial charge < -0.3 is 31.3 Å². The number of carbonyl (C=O) groups is 5. The number of nitrogens with one attached hydrogen (secondary N) is 4. The summed E-state index contributed by atoms with van der Waals surface area (Å²) < 4.78 is 0. The van der Waals surface area contributed by atoms with Crippen molar-refractivity contribution in [2.24, 2.45) is 0 Å². The summed E-state index contributed by atoms with van der Waals surface area (Å²) in [4.78, 5) is 67.0. The molecule has 0 spiro atoms. The van der Waals surface area contributed by atoms with Gasteiger partial charge in [-0.1, -0.05) is 44.2 Å². The maximum absolute atomic E-state index is 13.5. The predicted octanol–water partition coefficient (Wildman–Crippen LogP) is -0.0601. The molecule has 0 aromatic heterocycles. The Morgan fingerprint density at radius 1 is 0.842 bits per heavy atom. The summed E-state index contributed by atoms with van der Waals surface area (Å²) in [5.74, 6) is -3.16. The Balaban J connectivity index is 2.00. The maximum atomic E-state index is 13.5. The lowest BCUT2D eigenvalue weighted by molar-refractivity contribution is -0.142. The number of carbonyl (C=O) groups excluding carboxylic acids is 5. The summed E-state index contributed by atoms with van der Waals surface area (Å²) in [6.45, 7) is 2.64. The van der Waals surface area contributed by atoms with Crippen molar-refractivity contribution in [3.05, 3.63) is 35.9 Å². The fraction of sp³-hybridized carbons (Fsp3) is 0.560. The third-order valence-electron chi connectivity index (χ3n) is 6.71. The molecule has 208 valence electrons. The summed E-state index contributed by atoms with van der Waals surface area (Å²) >= 11 is 12.8. The lowest BCUT2D eigenvalue weighted by Crippen LogP contribution is -2.60. The Morgan fingerprint density at radius 3 is 2.05 bits per heavy atom. The van der Waals surface area contributed by atoms with Crippen LogP contribution in [-0.2, 0) is 24.0 Å². The number of aliphatic hydroxyl groups excluding tert-OH is 1. The van der Waals surface area contributed by atoms with Crippen LogP contribution in [0.15, 0.2) is 30.3 Å². The van der Waals surface area contributed by atoms with E-state index in [1.54, 1.807) is 44.2 Å². The van der Waals surface area contributed by atoms with Crippen molar-refractivity contribution in [1.82, 2.24) is 26.2 Å². The molecule has 7 atom stereocenters. The number of alkyl halides is 2. The zero-order chi connectivity index (χ0) is 28.0. The van der Waals surface area contributed by atoms with Crippen LogP contribution < -0.4 is 21.3 Å². The first-order valence-electron chi connectivity index (χ1n) is 12.6. The van der Waals surface area contributed by atoms with Gasteiger partial charge in [0.25, 0.3) is 0 Å². The van der Waals surface area contributed by atoms with E-state index in [1.165, 1.54) is 4.90 Å². The molecular formula is C25H33Cl2N5O6. The average molecular weight is 570 g/mol. The Hall–Kier alpha value is -2.89. The quantitative estimate of drug-likeness (QED) is 0.320. The van der Waals surface area contributed by atoms with Crippen LogP contribution in [0.5, 0.6) is 0 Å². The van der Waals surface area contributed by atoms with Gasteiger partial charge in [-0.05, 0) is 18.4 Å². The molecule has 38 heavy (non-hydrogen) atoms. The van der Waals surface area contributed by atoms with Gasteiger partial charge in [0.15, 0.2) is 0 Å². The van der Waals surface area contributed by atoms with Crippen LogP contribution >= 0.6 is 23.2 Å².